The van der Waals surface area contributed by atoms with Crippen LogP contribution >= 0.6 is 12.4 Å². The minimum absolute atomic E-state index is 0. The second-order valence-corrected chi connectivity index (χ2v) is 7.00. The normalized spacial score (nSPS) is 25.7. The molecule has 1 aromatic carbocycles. The zero-order valence-electron chi connectivity index (χ0n) is 14.7. The molecule has 26 heavy (non-hydrogen) atoms. The van der Waals surface area contributed by atoms with Gasteiger partial charge in [0.1, 0.15) is 6.04 Å². The average Bonchev–Trinajstić information content (AvgIpc) is 2.92. The Balaban J connectivity index is 0.00000196. The van der Waals surface area contributed by atoms with Gasteiger partial charge in [-0.25, -0.2) is 0 Å². The van der Waals surface area contributed by atoms with Crippen molar-refractivity contribution < 1.29 is 14.4 Å². The van der Waals surface area contributed by atoms with Crippen LogP contribution in [0.1, 0.15) is 35.7 Å². The number of carbonyl (C=O) groups is 3. The lowest BCUT2D eigenvalue weighted by atomic mass is 10.0. The number of nitrogens with zero attached hydrogens (tertiary/aromatic N) is 2. The number of halogens is 1. The smallest absolute Gasteiger partial charge is 0.255 e. The van der Waals surface area contributed by atoms with Crippen LogP contribution in [0.5, 0.6) is 0 Å². The standard InChI is InChI=1S/C18H22N4O3.ClH/c1-11-9-21(8-7-19-11)14-4-2-3-12-13(14)10-22(18(12)25)15-5-6-16(23)20-17(15)24;/h2-4,11,15,19H,5-10H2,1H3,(H,20,23,24);1H/t11-,15?;/m1./s1. The van der Waals surface area contributed by atoms with Gasteiger partial charge in [-0.2, -0.15) is 0 Å². The number of hydrogen-bond donors (Lipinski definition) is 2. The highest BCUT2D eigenvalue weighted by atomic mass is 35.5. The monoisotopic (exact) mass is 378 g/mol. The van der Waals surface area contributed by atoms with Crippen molar-refractivity contribution in [2.24, 2.45) is 0 Å². The largest absolute Gasteiger partial charge is 0.368 e. The summed E-state index contributed by atoms with van der Waals surface area (Å²) in [7, 11) is 0. The van der Waals surface area contributed by atoms with Gasteiger partial charge in [-0.15, -0.1) is 12.4 Å². The molecule has 0 saturated carbocycles. The second kappa shape index (κ2) is 7.25. The molecule has 1 aromatic rings. The van der Waals surface area contributed by atoms with E-state index in [4.69, 9.17) is 0 Å². The lowest BCUT2D eigenvalue weighted by molar-refractivity contribution is -0.136. The molecule has 0 radical (unpaired) electrons. The first-order valence-electron chi connectivity index (χ1n) is 8.79. The van der Waals surface area contributed by atoms with E-state index < -0.39 is 6.04 Å². The number of piperidine rings is 1. The molecule has 2 atom stereocenters. The third-order valence-electron chi connectivity index (χ3n) is 5.27. The summed E-state index contributed by atoms with van der Waals surface area (Å²) in [6.45, 7) is 5.27. The third kappa shape index (κ3) is 3.17. The molecule has 2 fully saturated rings. The Kier molecular flexibility index (Phi) is 5.20. The van der Waals surface area contributed by atoms with Crippen LogP contribution in [0, 0.1) is 0 Å². The fourth-order valence-electron chi connectivity index (χ4n) is 4.02. The van der Waals surface area contributed by atoms with Crippen LogP contribution in [0.15, 0.2) is 18.2 Å². The van der Waals surface area contributed by atoms with E-state index in [1.807, 2.05) is 12.1 Å². The van der Waals surface area contributed by atoms with Gasteiger partial charge in [0.15, 0.2) is 0 Å². The number of imide groups is 1. The minimum atomic E-state index is -0.563. The Morgan fingerprint density at radius 2 is 2.00 bits per heavy atom. The molecule has 3 aliphatic heterocycles. The number of carbonyl (C=O) groups excluding carboxylic acids is 3. The molecule has 0 bridgehead atoms. The molecular weight excluding hydrogens is 356 g/mol. The van der Waals surface area contributed by atoms with Gasteiger partial charge in [0.25, 0.3) is 5.91 Å². The van der Waals surface area contributed by atoms with Gasteiger partial charge in [0.2, 0.25) is 11.8 Å². The first-order chi connectivity index (χ1) is 12.0. The van der Waals surface area contributed by atoms with Crippen molar-refractivity contribution in [3.05, 3.63) is 29.3 Å². The SMILES string of the molecule is C[C@@H]1CN(c2cccc3c2CN(C2CCC(=O)NC2=O)C3=O)CCN1.Cl. The number of anilines is 1. The van der Waals surface area contributed by atoms with Crippen molar-refractivity contribution in [1.29, 1.82) is 0 Å². The van der Waals surface area contributed by atoms with Gasteiger partial charge in [-0.1, -0.05) is 6.07 Å². The first kappa shape index (κ1) is 18.7. The van der Waals surface area contributed by atoms with Crippen molar-refractivity contribution in [3.8, 4) is 0 Å². The molecule has 8 heteroatoms. The molecule has 140 valence electrons. The maximum atomic E-state index is 12.9. The summed E-state index contributed by atoms with van der Waals surface area (Å²) in [6.07, 6.45) is 0.670. The van der Waals surface area contributed by atoms with Gasteiger partial charge < -0.3 is 15.1 Å². The molecule has 0 spiro atoms. The highest BCUT2D eigenvalue weighted by molar-refractivity contribution is 6.06. The molecule has 1 unspecified atom stereocenters. The van der Waals surface area contributed by atoms with Crippen molar-refractivity contribution >= 4 is 35.8 Å². The maximum Gasteiger partial charge on any atom is 0.255 e. The average molecular weight is 379 g/mol. The molecule has 7 nitrogen and oxygen atoms in total. The van der Waals surface area contributed by atoms with Gasteiger partial charge in [0.05, 0.1) is 0 Å². The molecule has 2 N–H and O–H groups in total. The zero-order chi connectivity index (χ0) is 17.6. The number of amides is 3. The lowest BCUT2D eigenvalue weighted by Crippen LogP contribution is -2.52. The molecule has 0 aromatic heterocycles. The molecule has 4 rings (SSSR count). The summed E-state index contributed by atoms with van der Waals surface area (Å²) >= 11 is 0. The van der Waals surface area contributed by atoms with Crippen LogP contribution in [-0.4, -0.2) is 54.3 Å². The van der Waals surface area contributed by atoms with E-state index in [1.54, 1.807) is 4.90 Å². The van der Waals surface area contributed by atoms with E-state index in [0.29, 0.717) is 24.6 Å². The fraction of sp³-hybridized carbons (Fsp3) is 0.500. The zero-order valence-corrected chi connectivity index (χ0v) is 15.5. The van der Waals surface area contributed by atoms with Crippen molar-refractivity contribution in [1.82, 2.24) is 15.5 Å². The highest BCUT2D eigenvalue weighted by Gasteiger charge is 2.40. The molecule has 3 heterocycles. The molecule has 0 aliphatic carbocycles. The van der Waals surface area contributed by atoms with E-state index in [-0.39, 0.29) is 36.5 Å². The number of rotatable bonds is 2. The topological polar surface area (TPSA) is 81.8 Å². The molecule has 3 amide bonds. The van der Waals surface area contributed by atoms with E-state index in [2.05, 4.69) is 28.5 Å². The van der Waals surface area contributed by atoms with Gasteiger partial charge in [-0.3, -0.25) is 19.7 Å². The number of hydrogen-bond acceptors (Lipinski definition) is 5. The summed E-state index contributed by atoms with van der Waals surface area (Å²) in [5.41, 5.74) is 2.74. The van der Waals surface area contributed by atoms with Crippen LogP contribution in [0.25, 0.3) is 0 Å². The molecule has 3 aliphatic rings. The fourth-order valence-corrected chi connectivity index (χ4v) is 4.02. The lowest BCUT2D eigenvalue weighted by Gasteiger charge is -2.35. The Morgan fingerprint density at radius 3 is 2.73 bits per heavy atom. The molecule has 2 saturated heterocycles. The number of nitrogens with one attached hydrogen (secondary N) is 2. The highest BCUT2D eigenvalue weighted by Crippen LogP contribution is 2.34. The summed E-state index contributed by atoms with van der Waals surface area (Å²) in [6, 6.07) is 5.63. The van der Waals surface area contributed by atoms with E-state index in [1.165, 1.54) is 0 Å². The van der Waals surface area contributed by atoms with Crippen LogP contribution in [0.3, 0.4) is 0 Å². The Hall–Kier alpha value is -2.12. The summed E-state index contributed by atoms with van der Waals surface area (Å²) in [5.74, 6) is -0.745. The number of benzene rings is 1. The van der Waals surface area contributed by atoms with Crippen molar-refractivity contribution in [2.45, 2.75) is 38.4 Å². The van der Waals surface area contributed by atoms with E-state index in [0.717, 1.165) is 30.9 Å². The van der Waals surface area contributed by atoms with Gasteiger partial charge in [0, 0.05) is 55.5 Å². The summed E-state index contributed by atoms with van der Waals surface area (Å²) in [5, 5.41) is 5.77. The molecular formula is C18H23ClN4O3. The van der Waals surface area contributed by atoms with E-state index in [9.17, 15) is 14.4 Å². The Bertz CT molecular complexity index is 754. The quantitative estimate of drug-likeness (QED) is 0.739. The maximum absolute atomic E-state index is 12.9. The number of fused-ring (bicyclic) bond motifs is 1. The Labute approximate surface area is 158 Å². The van der Waals surface area contributed by atoms with Gasteiger partial charge >= 0.3 is 0 Å². The number of piperazine rings is 1. The summed E-state index contributed by atoms with van der Waals surface area (Å²) in [4.78, 5) is 40.3. The van der Waals surface area contributed by atoms with Crippen LogP contribution < -0.4 is 15.5 Å². The Morgan fingerprint density at radius 1 is 1.19 bits per heavy atom. The predicted octanol–water partition coefficient (Wildman–Crippen LogP) is 0.667. The van der Waals surface area contributed by atoms with Crippen molar-refractivity contribution in [2.75, 3.05) is 24.5 Å². The van der Waals surface area contributed by atoms with Gasteiger partial charge in [-0.05, 0) is 25.5 Å². The third-order valence-corrected chi connectivity index (χ3v) is 5.27. The summed E-state index contributed by atoms with van der Waals surface area (Å²) < 4.78 is 0. The minimum Gasteiger partial charge on any atom is -0.368 e. The van der Waals surface area contributed by atoms with Crippen LogP contribution in [-0.2, 0) is 16.1 Å². The van der Waals surface area contributed by atoms with Crippen LogP contribution in [0.2, 0.25) is 0 Å². The van der Waals surface area contributed by atoms with Crippen molar-refractivity contribution in [3.63, 3.8) is 0 Å². The predicted molar refractivity (Wildman–Crippen MR) is 99.4 cm³/mol. The second-order valence-electron chi connectivity index (χ2n) is 7.00. The van der Waals surface area contributed by atoms with E-state index >= 15 is 0 Å². The first-order valence-corrected chi connectivity index (χ1v) is 8.79. The van der Waals surface area contributed by atoms with Crippen LogP contribution in [0.4, 0.5) is 5.69 Å².